The number of benzene rings is 1. The van der Waals surface area contributed by atoms with Crippen LogP contribution in [0.1, 0.15) is 18.4 Å². The maximum absolute atomic E-state index is 11.4. The van der Waals surface area contributed by atoms with Crippen LogP contribution < -0.4 is 4.74 Å². The van der Waals surface area contributed by atoms with Crippen molar-refractivity contribution >= 4 is 27.3 Å². The molecule has 78 valence electrons. The molecule has 0 unspecified atom stereocenters. The largest absolute Gasteiger partial charge is 0.497 e. The number of Topliss-reactive ketones (excluding diaryl/α,β-unsaturated/α-hetero) is 1. The van der Waals surface area contributed by atoms with E-state index in [9.17, 15) is 4.79 Å². The lowest BCUT2D eigenvalue weighted by molar-refractivity contribution is -0.114. The molecule has 1 aliphatic carbocycles. The van der Waals surface area contributed by atoms with Gasteiger partial charge in [-0.2, -0.15) is 0 Å². The van der Waals surface area contributed by atoms with E-state index in [0.29, 0.717) is 6.42 Å². The monoisotopic (exact) mass is 266 g/mol. The van der Waals surface area contributed by atoms with E-state index >= 15 is 0 Å². The third-order valence-corrected chi connectivity index (χ3v) is 3.45. The van der Waals surface area contributed by atoms with Crippen molar-refractivity contribution in [3.63, 3.8) is 0 Å². The summed E-state index contributed by atoms with van der Waals surface area (Å²) in [5.74, 6) is 1.01. The Bertz CT molecular complexity index is 435. The van der Waals surface area contributed by atoms with Gasteiger partial charge in [-0.1, -0.05) is 12.1 Å². The second kappa shape index (κ2) is 4.19. The van der Waals surface area contributed by atoms with E-state index in [1.165, 1.54) is 0 Å². The Kier molecular flexibility index (Phi) is 2.91. The summed E-state index contributed by atoms with van der Waals surface area (Å²) in [6.07, 6.45) is 1.42. The van der Waals surface area contributed by atoms with Gasteiger partial charge in [-0.05, 0) is 45.6 Å². The van der Waals surface area contributed by atoms with Crippen molar-refractivity contribution in [1.29, 1.82) is 0 Å². The zero-order valence-corrected chi connectivity index (χ0v) is 10.0. The maximum Gasteiger partial charge on any atom is 0.170 e. The molecule has 2 rings (SSSR count). The molecule has 0 aliphatic heterocycles. The van der Waals surface area contributed by atoms with E-state index in [1.807, 2.05) is 24.3 Å². The topological polar surface area (TPSA) is 26.3 Å². The van der Waals surface area contributed by atoms with Crippen molar-refractivity contribution in [2.75, 3.05) is 7.11 Å². The summed E-state index contributed by atoms with van der Waals surface area (Å²) in [6.45, 7) is 0. The lowest BCUT2D eigenvalue weighted by atomic mass is 10.1. The fourth-order valence-corrected chi connectivity index (χ4v) is 2.33. The third-order valence-electron chi connectivity index (χ3n) is 2.53. The van der Waals surface area contributed by atoms with Gasteiger partial charge in [-0.25, -0.2) is 0 Å². The Morgan fingerprint density at radius 2 is 2.13 bits per heavy atom. The number of carbonyl (C=O) groups excluding carboxylic acids is 1. The van der Waals surface area contributed by atoms with Crippen molar-refractivity contribution in [3.8, 4) is 5.75 Å². The van der Waals surface area contributed by atoms with Crippen LogP contribution in [0.4, 0.5) is 0 Å². The number of methoxy groups -OCH3 is 1. The molecule has 0 radical (unpaired) electrons. The molecule has 0 aromatic heterocycles. The van der Waals surface area contributed by atoms with Crippen LogP contribution in [0.15, 0.2) is 28.7 Å². The molecule has 1 aromatic rings. The molecule has 0 saturated heterocycles. The molecule has 0 fully saturated rings. The van der Waals surface area contributed by atoms with E-state index in [0.717, 1.165) is 27.8 Å². The van der Waals surface area contributed by atoms with Gasteiger partial charge < -0.3 is 4.74 Å². The number of hydrogen-bond acceptors (Lipinski definition) is 2. The summed E-state index contributed by atoms with van der Waals surface area (Å²) in [4.78, 5) is 11.4. The molecule has 1 aliphatic rings. The highest BCUT2D eigenvalue weighted by Gasteiger charge is 2.21. The molecule has 15 heavy (non-hydrogen) atoms. The Morgan fingerprint density at radius 3 is 2.73 bits per heavy atom. The first-order chi connectivity index (χ1) is 7.22. The quantitative estimate of drug-likeness (QED) is 0.822. The van der Waals surface area contributed by atoms with Crippen LogP contribution in [0.2, 0.25) is 0 Å². The number of carbonyl (C=O) groups is 1. The lowest BCUT2D eigenvalue weighted by Crippen LogP contribution is -1.88. The van der Waals surface area contributed by atoms with Crippen LogP contribution in [0.5, 0.6) is 5.75 Å². The molecule has 3 heteroatoms. The number of allylic oxidation sites excluding steroid dienone is 2. The van der Waals surface area contributed by atoms with Gasteiger partial charge in [-0.15, -0.1) is 0 Å². The normalized spacial score (nSPS) is 16.0. The minimum Gasteiger partial charge on any atom is -0.497 e. The number of ether oxygens (including phenoxy) is 1. The van der Waals surface area contributed by atoms with Gasteiger partial charge >= 0.3 is 0 Å². The third kappa shape index (κ3) is 1.97. The van der Waals surface area contributed by atoms with E-state index < -0.39 is 0 Å². The molecule has 0 spiro atoms. The number of halogens is 1. The van der Waals surface area contributed by atoms with Crippen LogP contribution in [0.3, 0.4) is 0 Å². The van der Waals surface area contributed by atoms with Crippen LogP contribution in [0, 0.1) is 0 Å². The molecule has 0 amide bonds. The summed E-state index contributed by atoms with van der Waals surface area (Å²) >= 11 is 3.34. The summed E-state index contributed by atoms with van der Waals surface area (Å²) < 4.78 is 5.87. The smallest absolute Gasteiger partial charge is 0.170 e. The zero-order chi connectivity index (χ0) is 10.8. The lowest BCUT2D eigenvalue weighted by Gasteiger charge is -2.05. The average molecular weight is 267 g/mol. The van der Waals surface area contributed by atoms with E-state index in [-0.39, 0.29) is 5.78 Å². The molecule has 0 atom stereocenters. The fraction of sp³-hybridized carbons (Fsp3) is 0.250. The minimum absolute atomic E-state index is 0.188. The first-order valence-electron chi connectivity index (χ1n) is 4.78. The maximum atomic E-state index is 11.4. The molecule has 1 aromatic carbocycles. The van der Waals surface area contributed by atoms with Gasteiger partial charge in [0.1, 0.15) is 5.75 Å². The number of rotatable bonds is 2. The van der Waals surface area contributed by atoms with Gasteiger partial charge in [-0.3, -0.25) is 4.79 Å². The van der Waals surface area contributed by atoms with E-state index in [4.69, 9.17) is 4.74 Å². The van der Waals surface area contributed by atoms with E-state index in [2.05, 4.69) is 15.9 Å². The second-order valence-electron chi connectivity index (χ2n) is 3.45. The van der Waals surface area contributed by atoms with Crippen molar-refractivity contribution in [3.05, 3.63) is 34.3 Å². The van der Waals surface area contributed by atoms with Gasteiger partial charge in [0, 0.05) is 6.42 Å². The fourth-order valence-electron chi connectivity index (χ4n) is 1.71. The van der Waals surface area contributed by atoms with Crippen molar-refractivity contribution in [2.45, 2.75) is 12.8 Å². The van der Waals surface area contributed by atoms with Crippen LogP contribution in [-0.2, 0) is 4.79 Å². The number of ketones is 1. The zero-order valence-electron chi connectivity index (χ0n) is 8.42. The summed E-state index contributed by atoms with van der Waals surface area (Å²) in [5, 5.41) is 0. The van der Waals surface area contributed by atoms with Gasteiger partial charge in [0.05, 0.1) is 11.6 Å². The van der Waals surface area contributed by atoms with Gasteiger partial charge in [0.2, 0.25) is 0 Å². The van der Waals surface area contributed by atoms with Crippen LogP contribution in [-0.4, -0.2) is 12.9 Å². The Hall–Kier alpha value is -1.09. The average Bonchev–Trinajstić information content (AvgIpc) is 2.60. The van der Waals surface area contributed by atoms with Gasteiger partial charge in [0.25, 0.3) is 0 Å². The molecule has 0 heterocycles. The second-order valence-corrected chi connectivity index (χ2v) is 4.24. The highest BCUT2D eigenvalue weighted by molar-refractivity contribution is 9.12. The predicted molar refractivity (Wildman–Crippen MR) is 63.1 cm³/mol. The highest BCUT2D eigenvalue weighted by Crippen LogP contribution is 2.35. The minimum atomic E-state index is 0.188. The summed E-state index contributed by atoms with van der Waals surface area (Å²) in [7, 11) is 1.64. The highest BCUT2D eigenvalue weighted by atomic mass is 79.9. The van der Waals surface area contributed by atoms with Crippen LogP contribution >= 0.6 is 15.9 Å². The summed E-state index contributed by atoms with van der Waals surface area (Å²) in [6, 6.07) is 7.78. The Morgan fingerprint density at radius 1 is 1.33 bits per heavy atom. The molecule has 0 saturated carbocycles. The molecule has 0 bridgehead atoms. The standard InChI is InChI=1S/C12H11BrO2/c1-15-9-4-2-3-8(7-9)10-5-6-11(14)12(10)13/h2-4,7H,5-6H2,1H3. The molecular weight excluding hydrogens is 256 g/mol. The first kappa shape index (κ1) is 10.4. The van der Waals surface area contributed by atoms with Crippen molar-refractivity contribution in [1.82, 2.24) is 0 Å². The Labute approximate surface area is 97.1 Å². The van der Waals surface area contributed by atoms with E-state index in [1.54, 1.807) is 7.11 Å². The summed E-state index contributed by atoms with van der Waals surface area (Å²) in [5.41, 5.74) is 2.14. The molecule has 2 nitrogen and oxygen atoms in total. The van der Waals surface area contributed by atoms with Gasteiger partial charge in [0.15, 0.2) is 5.78 Å². The molecule has 0 N–H and O–H groups in total. The Balaban J connectivity index is 2.42. The van der Waals surface area contributed by atoms with Crippen molar-refractivity contribution in [2.24, 2.45) is 0 Å². The predicted octanol–water partition coefficient (Wildman–Crippen LogP) is 3.16. The SMILES string of the molecule is COc1cccc(C2=C(Br)C(=O)CC2)c1. The number of hydrogen-bond donors (Lipinski definition) is 0. The van der Waals surface area contributed by atoms with Crippen LogP contribution in [0.25, 0.3) is 5.57 Å². The first-order valence-corrected chi connectivity index (χ1v) is 5.58. The van der Waals surface area contributed by atoms with Crippen molar-refractivity contribution < 1.29 is 9.53 Å². The molecular formula is C12H11BrO2.